The summed E-state index contributed by atoms with van der Waals surface area (Å²) in [4.78, 5) is 26.7. The molecule has 1 aromatic carbocycles. The van der Waals surface area contributed by atoms with Crippen LogP contribution in [0.5, 0.6) is 5.75 Å². The van der Waals surface area contributed by atoms with Crippen LogP contribution in [-0.2, 0) is 0 Å². The van der Waals surface area contributed by atoms with Crippen LogP contribution in [0.2, 0.25) is 0 Å². The third kappa shape index (κ3) is 2.92. The maximum Gasteiger partial charge on any atom is 0.339 e. The number of hydrogen-bond donors (Lipinski definition) is 2. The Kier molecular flexibility index (Phi) is 3.95. The SMILES string of the molecule is COc1cc(NC(=O)c2cccnc2)ccc1C(=O)O. The Hall–Kier alpha value is -2.89. The Balaban J connectivity index is 2.22. The maximum absolute atomic E-state index is 11.9. The largest absolute Gasteiger partial charge is 0.496 e. The molecule has 0 aliphatic carbocycles. The standard InChI is InChI=1S/C14H12N2O4/c1-20-12-7-10(4-5-11(12)14(18)19)16-13(17)9-3-2-6-15-8-9/h2-8H,1H3,(H,16,17)(H,18,19). The van der Waals surface area contributed by atoms with Gasteiger partial charge in [0, 0.05) is 24.1 Å². The van der Waals surface area contributed by atoms with E-state index < -0.39 is 5.97 Å². The van der Waals surface area contributed by atoms with Gasteiger partial charge < -0.3 is 15.2 Å². The molecule has 0 atom stereocenters. The van der Waals surface area contributed by atoms with E-state index in [2.05, 4.69) is 10.3 Å². The number of carbonyl (C=O) groups excluding carboxylic acids is 1. The van der Waals surface area contributed by atoms with Crippen molar-refractivity contribution in [3.8, 4) is 5.75 Å². The van der Waals surface area contributed by atoms with E-state index in [0.29, 0.717) is 11.3 Å². The number of nitrogens with zero attached hydrogens (tertiary/aromatic N) is 1. The molecule has 1 amide bonds. The lowest BCUT2D eigenvalue weighted by Gasteiger charge is -2.09. The van der Waals surface area contributed by atoms with Crippen LogP contribution in [0.3, 0.4) is 0 Å². The van der Waals surface area contributed by atoms with E-state index in [1.807, 2.05) is 0 Å². The van der Waals surface area contributed by atoms with E-state index in [0.717, 1.165) is 0 Å². The molecule has 20 heavy (non-hydrogen) atoms. The number of aromatic nitrogens is 1. The molecular weight excluding hydrogens is 260 g/mol. The van der Waals surface area contributed by atoms with E-state index >= 15 is 0 Å². The molecule has 102 valence electrons. The van der Waals surface area contributed by atoms with Crippen molar-refractivity contribution in [2.45, 2.75) is 0 Å². The number of ether oxygens (including phenoxy) is 1. The second kappa shape index (κ2) is 5.83. The minimum Gasteiger partial charge on any atom is -0.496 e. The minimum atomic E-state index is -1.09. The molecule has 0 unspecified atom stereocenters. The second-order valence-electron chi connectivity index (χ2n) is 3.92. The first-order valence-corrected chi connectivity index (χ1v) is 5.74. The maximum atomic E-state index is 11.9. The van der Waals surface area contributed by atoms with Gasteiger partial charge in [-0.05, 0) is 24.3 Å². The number of benzene rings is 1. The topological polar surface area (TPSA) is 88.5 Å². The van der Waals surface area contributed by atoms with Gasteiger partial charge in [0.2, 0.25) is 0 Å². The van der Waals surface area contributed by atoms with Crippen LogP contribution in [0.4, 0.5) is 5.69 Å². The van der Waals surface area contributed by atoms with Gasteiger partial charge in [0.1, 0.15) is 11.3 Å². The molecule has 0 saturated carbocycles. The van der Waals surface area contributed by atoms with Gasteiger partial charge in [0.15, 0.2) is 0 Å². The molecule has 6 heteroatoms. The van der Waals surface area contributed by atoms with Crippen molar-refractivity contribution < 1.29 is 19.4 Å². The van der Waals surface area contributed by atoms with Crippen molar-refractivity contribution in [1.29, 1.82) is 0 Å². The zero-order chi connectivity index (χ0) is 14.5. The molecule has 0 aliphatic rings. The van der Waals surface area contributed by atoms with Crippen LogP contribution in [-0.4, -0.2) is 29.1 Å². The highest BCUT2D eigenvalue weighted by Crippen LogP contribution is 2.23. The highest BCUT2D eigenvalue weighted by atomic mass is 16.5. The molecule has 0 saturated heterocycles. The Bertz CT molecular complexity index is 641. The highest BCUT2D eigenvalue weighted by Gasteiger charge is 2.12. The van der Waals surface area contributed by atoms with Crippen molar-refractivity contribution in [2.24, 2.45) is 0 Å². The van der Waals surface area contributed by atoms with Crippen LogP contribution in [0.25, 0.3) is 0 Å². The Morgan fingerprint density at radius 2 is 2.10 bits per heavy atom. The summed E-state index contributed by atoms with van der Waals surface area (Å²) in [5.74, 6) is -1.24. The van der Waals surface area contributed by atoms with Crippen LogP contribution in [0.15, 0.2) is 42.7 Å². The fraction of sp³-hybridized carbons (Fsp3) is 0.0714. The Labute approximate surface area is 115 Å². The van der Waals surface area contributed by atoms with Gasteiger partial charge in [-0.25, -0.2) is 4.79 Å². The minimum absolute atomic E-state index is 0.0341. The Morgan fingerprint density at radius 1 is 1.30 bits per heavy atom. The van der Waals surface area contributed by atoms with Gasteiger partial charge in [-0.2, -0.15) is 0 Å². The molecule has 0 spiro atoms. The number of anilines is 1. The first-order valence-electron chi connectivity index (χ1n) is 5.74. The number of amides is 1. The normalized spacial score (nSPS) is 9.85. The van der Waals surface area contributed by atoms with Crippen molar-refractivity contribution >= 4 is 17.6 Å². The van der Waals surface area contributed by atoms with E-state index in [4.69, 9.17) is 9.84 Å². The molecule has 1 aromatic heterocycles. The summed E-state index contributed by atoms with van der Waals surface area (Å²) in [7, 11) is 1.37. The van der Waals surface area contributed by atoms with Crippen LogP contribution < -0.4 is 10.1 Å². The molecule has 2 N–H and O–H groups in total. The third-order valence-corrected chi connectivity index (χ3v) is 2.61. The quantitative estimate of drug-likeness (QED) is 0.889. The van der Waals surface area contributed by atoms with Gasteiger partial charge in [0.05, 0.1) is 12.7 Å². The smallest absolute Gasteiger partial charge is 0.339 e. The van der Waals surface area contributed by atoms with E-state index in [1.54, 1.807) is 18.3 Å². The van der Waals surface area contributed by atoms with Crippen molar-refractivity contribution in [3.05, 3.63) is 53.9 Å². The number of carboxylic acid groups (broad SMARTS) is 1. The van der Waals surface area contributed by atoms with E-state index in [9.17, 15) is 9.59 Å². The number of pyridine rings is 1. The van der Waals surface area contributed by atoms with Gasteiger partial charge in [-0.1, -0.05) is 0 Å². The number of rotatable bonds is 4. The average molecular weight is 272 g/mol. The molecule has 0 bridgehead atoms. The van der Waals surface area contributed by atoms with Crippen LogP contribution in [0.1, 0.15) is 20.7 Å². The summed E-state index contributed by atoms with van der Waals surface area (Å²) in [5, 5.41) is 11.6. The fourth-order valence-electron chi connectivity index (χ4n) is 1.65. The number of carbonyl (C=O) groups is 2. The summed E-state index contributed by atoms with van der Waals surface area (Å²) < 4.78 is 4.99. The zero-order valence-electron chi connectivity index (χ0n) is 10.7. The van der Waals surface area contributed by atoms with Crippen molar-refractivity contribution in [1.82, 2.24) is 4.98 Å². The first kappa shape index (κ1) is 13.5. The summed E-state index contributed by atoms with van der Waals surface area (Å²) in [5.41, 5.74) is 0.890. The number of carboxylic acids is 1. The molecule has 0 fully saturated rings. The highest BCUT2D eigenvalue weighted by molar-refractivity contribution is 6.04. The van der Waals surface area contributed by atoms with Crippen molar-refractivity contribution in [3.63, 3.8) is 0 Å². The number of aromatic carboxylic acids is 1. The molecule has 1 heterocycles. The van der Waals surface area contributed by atoms with Crippen molar-refractivity contribution in [2.75, 3.05) is 12.4 Å². The van der Waals surface area contributed by atoms with E-state index in [-0.39, 0.29) is 17.2 Å². The number of hydrogen-bond acceptors (Lipinski definition) is 4. The fourth-order valence-corrected chi connectivity index (χ4v) is 1.65. The lowest BCUT2D eigenvalue weighted by atomic mass is 10.1. The molecule has 6 nitrogen and oxygen atoms in total. The Morgan fingerprint density at radius 3 is 2.70 bits per heavy atom. The summed E-state index contributed by atoms with van der Waals surface area (Å²) >= 11 is 0. The zero-order valence-corrected chi connectivity index (χ0v) is 10.7. The lowest BCUT2D eigenvalue weighted by Crippen LogP contribution is -2.12. The number of nitrogens with one attached hydrogen (secondary N) is 1. The summed E-state index contributed by atoms with van der Waals surface area (Å²) in [6.07, 6.45) is 3.01. The molecule has 2 aromatic rings. The molecule has 2 rings (SSSR count). The van der Waals surface area contributed by atoms with Crippen LogP contribution in [0, 0.1) is 0 Å². The van der Waals surface area contributed by atoms with Gasteiger partial charge in [-0.3, -0.25) is 9.78 Å². The molecule has 0 aliphatic heterocycles. The van der Waals surface area contributed by atoms with Gasteiger partial charge >= 0.3 is 5.97 Å². The molecular formula is C14H12N2O4. The third-order valence-electron chi connectivity index (χ3n) is 2.61. The number of methoxy groups -OCH3 is 1. The monoisotopic (exact) mass is 272 g/mol. The van der Waals surface area contributed by atoms with Crippen LogP contribution >= 0.6 is 0 Å². The average Bonchev–Trinajstić information content (AvgIpc) is 2.47. The lowest BCUT2D eigenvalue weighted by molar-refractivity contribution is 0.0693. The van der Waals surface area contributed by atoms with Gasteiger partial charge in [-0.15, -0.1) is 0 Å². The molecule has 0 radical (unpaired) electrons. The van der Waals surface area contributed by atoms with E-state index in [1.165, 1.54) is 31.5 Å². The second-order valence-corrected chi connectivity index (χ2v) is 3.92. The summed E-state index contributed by atoms with van der Waals surface area (Å²) in [6.45, 7) is 0. The summed E-state index contributed by atoms with van der Waals surface area (Å²) in [6, 6.07) is 7.62. The van der Waals surface area contributed by atoms with Gasteiger partial charge in [0.25, 0.3) is 5.91 Å². The predicted molar refractivity (Wildman–Crippen MR) is 72.1 cm³/mol. The first-order chi connectivity index (χ1) is 9.61. The predicted octanol–water partition coefficient (Wildman–Crippen LogP) is 2.04.